The second-order valence-electron chi connectivity index (χ2n) is 6.44. The third-order valence-electron chi connectivity index (χ3n) is 4.03. The fraction of sp³-hybridized carbons (Fsp3) is 0.588. The molecule has 1 heterocycles. The van der Waals surface area contributed by atoms with E-state index in [1.165, 1.54) is 12.0 Å². The number of rotatable bonds is 4. The molecule has 2 rings (SSSR count). The molecule has 2 atom stereocenters. The van der Waals surface area contributed by atoms with Crippen molar-refractivity contribution >= 4 is 28.5 Å². The van der Waals surface area contributed by atoms with Gasteiger partial charge in [-0.2, -0.15) is 0 Å². The number of piperidine rings is 1. The Balaban J connectivity index is 1.81. The van der Waals surface area contributed by atoms with E-state index in [-0.39, 0.29) is 5.91 Å². The molecule has 1 aliphatic rings. The zero-order valence-electron chi connectivity index (χ0n) is 13.2. The SMILES string of the molecule is Cc1ccc(C(=O)NCCN2C[C@@H](C)C[C@H](C)C2)c(I)c1. The number of carbonyl (C=O) groups excluding carboxylic acids is 1. The second kappa shape index (κ2) is 7.58. The van der Waals surface area contributed by atoms with Crippen molar-refractivity contribution in [2.75, 3.05) is 26.2 Å². The summed E-state index contributed by atoms with van der Waals surface area (Å²) in [4.78, 5) is 14.7. The van der Waals surface area contributed by atoms with Crippen LogP contribution in [0.1, 0.15) is 36.2 Å². The number of halogens is 1. The standard InChI is InChI=1S/C17H25IN2O/c1-12-4-5-15(16(18)9-12)17(21)19-6-7-20-10-13(2)8-14(3)11-20/h4-5,9,13-14H,6-8,10-11H2,1-3H3,(H,19,21)/t13-,14-/m0/s1. The Hall–Kier alpha value is -0.620. The summed E-state index contributed by atoms with van der Waals surface area (Å²) >= 11 is 2.23. The average molecular weight is 400 g/mol. The van der Waals surface area contributed by atoms with Crippen molar-refractivity contribution in [2.24, 2.45) is 11.8 Å². The Labute approximate surface area is 141 Å². The van der Waals surface area contributed by atoms with Gasteiger partial charge in [-0.25, -0.2) is 0 Å². The first-order valence-electron chi connectivity index (χ1n) is 7.72. The van der Waals surface area contributed by atoms with Crippen LogP contribution < -0.4 is 5.32 Å². The van der Waals surface area contributed by atoms with Crippen LogP contribution in [0.25, 0.3) is 0 Å². The van der Waals surface area contributed by atoms with Crippen LogP contribution in [0.3, 0.4) is 0 Å². The summed E-state index contributed by atoms with van der Waals surface area (Å²) in [5, 5.41) is 3.05. The van der Waals surface area contributed by atoms with Gasteiger partial charge < -0.3 is 10.2 Å². The van der Waals surface area contributed by atoms with Crippen LogP contribution in [0.15, 0.2) is 18.2 Å². The summed E-state index contributed by atoms with van der Waals surface area (Å²) < 4.78 is 1.02. The molecular formula is C17H25IN2O. The van der Waals surface area contributed by atoms with E-state index in [1.807, 2.05) is 25.1 Å². The van der Waals surface area contributed by atoms with Gasteiger partial charge in [0.25, 0.3) is 5.91 Å². The number of hydrogen-bond donors (Lipinski definition) is 1. The third-order valence-corrected chi connectivity index (χ3v) is 4.92. The Kier molecular flexibility index (Phi) is 6.05. The van der Waals surface area contributed by atoms with Crippen molar-refractivity contribution in [3.05, 3.63) is 32.9 Å². The van der Waals surface area contributed by atoms with Crippen LogP contribution in [-0.4, -0.2) is 37.0 Å². The highest BCUT2D eigenvalue weighted by Crippen LogP contribution is 2.20. The minimum absolute atomic E-state index is 0.0394. The number of nitrogens with zero attached hydrogens (tertiary/aromatic N) is 1. The lowest BCUT2D eigenvalue weighted by Gasteiger charge is -2.34. The van der Waals surface area contributed by atoms with E-state index in [9.17, 15) is 4.79 Å². The van der Waals surface area contributed by atoms with Crippen molar-refractivity contribution in [1.82, 2.24) is 10.2 Å². The minimum atomic E-state index is 0.0394. The van der Waals surface area contributed by atoms with Gasteiger partial charge in [-0.1, -0.05) is 25.5 Å². The summed E-state index contributed by atoms with van der Waals surface area (Å²) in [7, 11) is 0. The molecule has 0 spiro atoms. The summed E-state index contributed by atoms with van der Waals surface area (Å²) in [6.45, 7) is 10.7. The number of nitrogens with one attached hydrogen (secondary N) is 1. The first-order valence-corrected chi connectivity index (χ1v) is 8.80. The molecule has 1 fully saturated rings. The van der Waals surface area contributed by atoms with Crippen molar-refractivity contribution in [1.29, 1.82) is 0 Å². The largest absolute Gasteiger partial charge is 0.351 e. The predicted octanol–water partition coefficient (Wildman–Crippen LogP) is 3.31. The molecule has 0 saturated carbocycles. The fourth-order valence-electron chi connectivity index (χ4n) is 3.20. The van der Waals surface area contributed by atoms with Gasteiger partial charge >= 0.3 is 0 Å². The molecule has 1 aromatic carbocycles. The van der Waals surface area contributed by atoms with Gasteiger partial charge in [0.15, 0.2) is 0 Å². The zero-order valence-corrected chi connectivity index (χ0v) is 15.3. The van der Waals surface area contributed by atoms with Crippen LogP contribution in [0.2, 0.25) is 0 Å². The van der Waals surface area contributed by atoms with E-state index in [1.54, 1.807) is 0 Å². The lowest BCUT2D eigenvalue weighted by molar-refractivity contribution is 0.0936. The van der Waals surface area contributed by atoms with Gasteiger partial charge in [-0.15, -0.1) is 0 Å². The number of likely N-dealkylation sites (tertiary alicyclic amines) is 1. The first-order chi connectivity index (χ1) is 9.95. The molecule has 21 heavy (non-hydrogen) atoms. The van der Waals surface area contributed by atoms with Crippen LogP contribution in [0.4, 0.5) is 0 Å². The van der Waals surface area contributed by atoms with E-state index in [0.29, 0.717) is 0 Å². The van der Waals surface area contributed by atoms with Crippen molar-refractivity contribution in [2.45, 2.75) is 27.2 Å². The van der Waals surface area contributed by atoms with Gasteiger partial charge in [-0.3, -0.25) is 4.79 Å². The summed E-state index contributed by atoms with van der Waals surface area (Å²) in [5.74, 6) is 1.57. The summed E-state index contributed by atoms with van der Waals surface area (Å²) in [6, 6.07) is 5.95. The van der Waals surface area contributed by atoms with E-state index >= 15 is 0 Å². The zero-order chi connectivity index (χ0) is 15.4. The number of aryl methyl sites for hydroxylation is 1. The van der Waals surface area contributed by atoms with Crippen molar-refractivity contribution in [3.8, 4) is 0 Å². The van der Waals surface area contributed by atoms with Crippen LogP contribution in [-0.2, 0) is 0 Å². The van der Waals surface area contributed by atoms with Gasteiger partial charge in [0.2, 0.25) is 0 Å². The molecule has 0 aliphatic carbocycles. The maximum atomic E-state index is 12.2. The average Bonchev–Trinajstić information content (AvgIpc) is 2.37. The van der Waals surface area contributed by atoms with E-state index in [0.717, 1.165) is 47.1 Å². The Bertz CT molecular complexity index is 494. The van der Waals surface area contributed by atoms with E-state index in [4.69, 9.17) is 0 Å². The highest BCUT2D eigenvalue weighted by atomic mass is 127. The molecule has 0 unspecified atom stereocenters. The number of amides is 1. The highest BCUT2D eigenvalue weighted by Gasteiger charge is 2.21. The normalized spacial score (nSPS) is 23.0. The molecular weight excluding hydrogens is 375 g/mol. The van der Waals surface area contributed by atoms with Gasteiger partial charge in [0.1, 0.15) is 0 Å². The summed E-state index contributed by atoms with van der Waals surface area (Å²) in [5.41, 5.74) is 1.97. The molecule has 1 N–H and O–H groups in total. The van der Waals surface area contributed by atoms with Crippen molar-refractivity contribution < 1.29 is 4.79 Å². The molecule has 1 amide bonds. The maximum absolute atomic E-state index is 12.2. The quantitative estimate of drug-likeness (QED) is 0.787. The molecule has 1 aliphatic heterocycles. The minimum Gasteiger partial charge on any atom is -0.351 e. The highest BCUT2D eigenvalue weighted by molar-refractivity contribution is 14.1. The Morgan fingerprint density at radius 1 is 1.33 bits per heavy atom. The molecule has 1 aromatic rings. The monoisotopic (exact) mass is 400 g/mol. The second-order valence-corrected chi connectivity index (χ2v) is 7.61. The molecule has 116 valence electrons. The molecule has 4 heteroatoms. The number of benzene rings is 1. The third kappa shape index (κ3) is 4.95. The smallest absolute Gasteiger partial charge is 0.252 e. The number of hydrogen-bond acceptors (Lipinski definition) is 2. The topological polar surface area (TPSA) is 32.3 Å². The van der Waals surface area contributed by atoms with Gasteiger partial charge in [0, 0.05) is 29.7 Å². The van der Waals surface area contributed by atoms with Gasteiger partial charge in [0.05, 0.1) is 5.56 Å². The maximum Gasteiger partial charge on any atom is 0.252 e. The lowest BCUT2D eigenvalue weighted by Crippen LogP contribution is -2.42. The first kappa shape index (κ1) is 16.7. The molecule has 0 aromatic heterocycles. The number of carbonyl (C=O) groups is 1. The van der Waals surface area contributed by atoms with Crippen LogP contribution in [0, 0.1) is 22.3 Å². The molecule has 0 bridgehead atoms. The van der Waals surface area contributed by atoms with Crippen molar-refractivity contribution in [3.63, 3.8) is 0 Å². The molecule has 1 saturated heterocycles. The Morgan fingerprint density at radius 2 is 2.00 bits per heavy atom. The lowest BCUT2D eigenvalue weighted by atomic mass is 9.92. The molecule has 3 nitrogen and oxygen atoms in total. The van der Waals surface area contributed by atoms with E-state index < -0.39 is 0 Å². The van der Waals surface area contributed by atoms with Crippen LogP contribution >= 0.6 is 22.6 Å². The molecule has 0 radical (unpaired) electrons. The van der Waals surface area contributed by atoms with E-state index in [2.05, 4.69) is 46.7 Å². The van der Waals surface area contributed by atoms with Gasteiger partial charge in [-0.05, 0) is 59.9 Å². The summed E-state index contributed by atoms with van der Waals surface area (Å²) in [6.07, 6.45) is 1.32. The Morgan fingerprint density at radius 3 is 2.62 bits per heavy atom. The van der Waals surface area contributed by atoms with Crippen LogP contribution in [0.5, 0.6) is 0 Å². The fourth-order valence-corrected chi connectivity index (χ4v) is 4.12. The predicted molar refractivity (Wildman–Crippen MR) is 95.6 cm³/mol.